The van der Waals surface area contributed by atoms with E-state index in [9.17, 15) is 38.4 Å². The first-order chi connectivity index (χ1) is 31.7. The molecule has 4 atom stereocenters. The molecule has 69 heavy (non-hydrogen) atoms. The van der Waals surface area contributed by atoms with Crippen molar-refractivity contribution in [2.24, 2.45) is 17.4 Å². The van der Waals surface area contributed by atoms with Gasteiger partial charge < -0.3 is 32.3 Å². The monoisotopic (exact) mass is 1080 g/mol. The van der Waals surface area contributed by atoms with Gasteiger partial charge in [0.1, 0.15) is 17.9 Å². The summed E-state index contributed by atoms with van der Waals surface area (Å²) in [6, 6.07) is -1.45. The van der Waals surface area contributed by atoms with Crippen molar-refractivity contribution in [2.75, 3.05) is 43.5 Å². The Bertz CT molecular complexity index is 1330. The second-order valence-corrected chi connectivity index (χ2v) is 19.1. The maximum Gasteiger partial charge on any atom is 0.279 e. The van der Waals surface area contributed by atoms with Gasteiger partial charge in [-0.25, -0.2) is 5.43 Å². The first kappa shape index (κ1) is 72.6. The minimum absolute atomic E-state index is 0. The van der Waals surface area contributed by atoms with E-state index in [2.05, 4.69) is 49.9 Å². The van der Waals surface area contributed by atoms with Gasteiger partial charge in [0, 0.05) is 51.9 Å². The van der Waals surface area contributed by atoms with E-state index in [0.717, 1.165) is 11.8 Å². The van der Waals surface area contributed by atoms with Crippen LogP contribution in [0.15, 0.2) is 0 Å². The SMILES string of the molecule is C.C.C.C1CCCCCCCCC1.C1CCCCCCCCC1.CCC(=O)CBr.CC[C@H](C(N)=O)N1CC(CNC(=O)CSC(=O)NC)CC1=O.CC[C@H](C(N)=O)N1NC(CNC(=O)CS)CC1=O. The van der Waals surface area contributed by atoms with Crippen LogP contribution in [0.1, 0.15) is 204 Å². The molecule has 2 heterocycles. The Labute approximate surface area is 436 Å². The van der Waals surface area contributed by atoms with Crippen molar-refractivity contribution in [1.29, 1.82) is 0 Å². The Morgan fingerprint density at radius 1 is 0.667 bits per heavy atom. The molecular formula is C50H99BrN8O8S2. The molecule has 0 bridgehead atoms. The smallest absolute Gasteiger partial charge is 0.279 e. The average molecular weight is 1080 g/mol. The van der Waals surface area contributed by atoms with Crippen LogP contribution in [0, 0.1) is 5.92 Å². The summed E-state index contributed by atoms with van der Waals surface area (Å²) in [5.41, 5.74) is 13.4. The van der Waals surface area contributed by atoms with Crippen molar-refractivity contribution < 1.29 is 38.4 Å². The molecule has 0 spiro atoms. The quantitative estimate of drug-likeness (QED) is 0.0607. The molecule has 7 amide bonds. The zero-order valence-electron chi connectivity index (χ0n) is 40.8. The van der Waals surface area contributed by atoms with Crippen LogP contribution in [0.5, 0.6) is 0 Å². The molecule has 4 aliphatic rings. The molecule has 2 saturated carbocycles. The van der Waals surface area contributed by atoms with Gasteiger partial charge in [-0.3, -0.25) is 43.4 Å². The van der Waals surface area contributed by atoms with Crippen LogP contribution in [0.2, 0.25) is 0 Å². The van der Waals surface area contributed by atoms with Crippen LogP contribution in [0.25, 0.3) is 0 Å². The zero-order chi connectivity index (χ0) is 49.5. The lowest BCUT2D eigenvalue weighted by atomic mass is 10.0. The van der Waals surface area contributed by atoms with Crippen molar-refractivity contribution in [1.82, 2.24) is 31.3 Å². The van der Waals surface area contributed by atoms with Gasteiger partial charge in [-0.05, 0) is 12.8 Å². The lowest BCUT2D eigenvalue weighted by molar-refractivity contribution is -0.138. The van der Waals surface area contributed by atoms with Crippen molar-refractivity contribution in [2.45, 2.75) is 222 Å². The number of thiol groups is 1. The van der Waals surface area contributed by atoms with Crippen LogP contribution >= 0.6 is 40.3 Å². The van der Waals surface area contributed by atoms with Crippen LogP contribution in [0.3, 0.4) is 0 Å². The van der Waals surface area contributed by atoms with Gasteiger partial charge in [0.05, 0.1) is 22.9 Å². The molecule has 2 saturated heterocycles. The summed E-state index contributed by atoms with van der Waals surface area (Å²) in [6.45, 7) is 6.49. The van der Waals surface area contributed by atoms with Crippen LogP contribution in [-0.2, 0) is 33.6 Å². The number of Topliss-reactive ketones (excluding diaryl/α,β-unsaturated/α-hetero) is 1. The molecule has 4 fully saturated rings. The topological polar surface area (TPSA) is 243 Å². The maximum atomic E-state index is 11.9. The Kier molecular flexibility index (Phi) is 49.9. The van der Waals surface area contributed by atoms with Crippen LogP contribution in [-0.4, -0.2) is 118 Å². The summed E-state index contributed by atoms with van der Waals surface area (Å²) in [4.78, 5) is 91.5. The minimum Gasteiger partial charge on any atom is -0.368 e. The van der Waals surface area contributed by atoms with Crippen LogP contribution in [0.4, 0.5) is 4.79 Å². The normalized spacial score (nSPS) is 19.2. The first-order valence-electron chi connectivity index (χ1n) is 24.7. The number of nitrogens with zero attached hydrogens (tertiary/aromatic N) is 2. The fraction of sp³-hybridized carbons (Fsp3) is 0.840. The number of halogens is 1. The Balaban J connectivity index is -0.000000403. The fourth-order valence-electron chi connectivity index (χ4n) is 7.77. The molecule has 406 valence electrons. The zero-order valence-corrected chi connectivity index (χ0v) is 44.1. The van der Waals surface area contributed by atoms with Gasteiger partial charge in [0.2, 0.25) is 35.4 Å². The van der Waals surface area contributed by atoms with E-state index in [0.29, 0.717) is 44.2 Å². The number of ketones is 1. The minimum atomic E-state index is -0.650. The number of primary amides is 2. The summed E-state index contributed by atoms with van der Waals surface area (Å²) in [6.07, 6.45) is 32.1. The summed E-state index contributed by atoms with van der Waals surface area (Å²) in [5, 5.41) is 9.23. The number of amides is 7. The lowest BCUT2D eigenvalue weighted by Crippen LogP contribution is -2.52. The van der Waals surface area contributed by atoms with Crippen molar-refractivity contribution in [3.63, 3.8) is 0 Å². The second kappa shape index (κ2) is 47.4. The Hall–Kier alpha value is -2.90. The van der Waals surface area contributed by atoms with E-state index in [1.54, 1.807) is 13.8 Å². The number of hydrazine groups is 1. The largest absolute Gasteiger partial charge is 0.368 e. The predicted molar refractivity (Wildman–Crippen MR) is 293 cm³/mol. The Morgan fingerprint density at radius 2 is 1.07 bits per heavy atom. The third kappa shape index (κ3) is 36.6. The number of alkyl halides is 1. The molecule has 0 aromatic carbocycles. The number of hydrogen-bond donors (Lipinski definition) is 7. The van der Waals surface area contributed by atoms with Gasteiger partial charge in [0.15, 0.2) is 0 Å². The summed E-state index contributed by atoms with van der Waals surface area (Å²) < 4.78 is 0. The molecule has 8 N–H and O–H groups in total. The number of thioether (sulfide) groups is 1. The van der Waals surface area contributed by atoms with Crippen molar-refractivity contribution in [3.8, 4) is 0 Å². The molecule has 2 unspecified atom stereocenters. The van der Waals surface area contributed by atoms with Gasteiger partial charge in [0.25, 0.3) is 5.24 Å². The van der Waals surface area contributed by atoms with E-state index in [-0.39, 0.29) is 93.2 Å². The van der Waals surface area contributed by atoms with E-state index in [1.807, 2.05) is 6.92 Å². The number of carbonyl (C=O) groups is 8. The number of hydrogen-bond acceptors (Lipinski definition) is 11. The highest BCUT2D eigenvalue weighted by Gasteiger charge is 2.37. The first-order valence-corrected chi connectivity index (χ1v) is 27.5. The van der Waals surface area contributed by atoms with Gasteiger partial charge in [-0.2, -0.15) is 12.6 Å². The lowest BCUT2D eigenvalue weighted by Gasteiger charge is -2.24. The maximum absolute atomic E-state index is 11.9. The third-order valence-corrected chi connectivity index (χ3v) is 13.5. The molecule has 2 aliphatic heterocycles. The molecule has 16 nitrogen and oxygen atoms in total. The highest BCUT2D eigenvalue weighted by Crippen LogP contribution is 2.21. The van der Waals surface area contributed by atoms with E-state index in [1.165, 1.54) is 145 Å². The molecule has 0 radical (unpaired) electrons. The predicted octanol–water partition coefficient (Wildman–Crippen LogP) is 8.76. The average Bonchev–Trinajstić information content (AvgIpc) is 3.88. The fourth-order valence-corrected chi connectivity index (χ4v) is 8.79. The van der Waals surface area contributed by atoms with Crippen molar-refractivity contribution >= 4 is 86.8 Å². The highest BCUT2D eigenvalue weighted by atomic mass is 79.9. The van der Waals surface area contributed by atoms with Gasteiger partial charge >= 0.3 is 0 Å². The standard InChI is InChI=1S/C13H22N4O4S.C10H18N4O3S.2C10H20.C4H7BrO.3CH4/c1-3-9(12(14)20)17-6-8(4-11(17)19)5-16-10(18)7-22-13(21)15-2;1-2-7(10(11)17)14-9(16)3-6(13-14)4-12-8(15)5-18;2*1-2-4-6-8-10-9-7-5-3-1;1-2-4(6)3-5;;;/h8-9H,3-7H2,1-2H3,(H2,14,20)(H,15,21)(H,16,18);6-7,13,18H,2-5H2,1H3,(H2,11,17)(H,12,15);2*1-10H2;2-3H2,1H3;3*1H4/t8?,9-;6?,7-;;;;;;/m11....../s1. The molecule has 0 aromatic rings. The van der Waals surface area contributed by atoms with Gasteiger partial charge in [-0.15, -0.1) is 0 Å². The summed E-state index contributed by atoms with van der Waals surface area (Å²) in [5.74, 6) is -1.48. The van der Waals surface area contributed by atoms with Crippen molar-refractivity contribution in [3.05, 3.63) is 0 Å². The third-order valence-electron chi connectivity index (χ3n) is 11.7. The van der Waals surface area contributed by atoms with E-state index >= 15 is 0 Å². The summed E-state index contributed by atoms with van der Waals surface area (Å²) >= 11 is 7.74. The molecule has 2 aliphatic carbocycles. The molecule has 0 aromatic heterocycles. The summed E-state index contributed by atoms with van der Waals surface area (Å²) in [7, 11) is 1.49. The van der Waals surface area contributed by atoms with Crippen LogP contribution < -0.4 is 32.8 Å². The highest BCUT2D eigenvalue weighted by molar-refractivity contribution is 9.09. The molecular weight excluding hydrogens is 985 g/mol. The number of carbonyl (C=O) groups excluding carboxylic acids is 8. The molecule has 19 heteroatoms. The number of nitrogens with one attached hydrogen (secondary N) is 4. The van der Waals surface area contributed by atoms with E-state index in [4.69, 9.17) is 11.5 Å². The van der Waals surface area contributed by atoms with E-state index < -0.39 is 23.9 Å². The number of nitrogens with two attached hydrogens (primary N) is 2. The Morgan fingerprint density at radius 3 is 1.39 bits per heavy atom. The molecule has 4 rings (SSSR count). The number of likely N-dealkylation sites (tertiary alicyclic amines) is 1. The second-order valence-electron chi connectivity index (χ2n) is 17.3. The van der Waals surface area contributed by atoms with Gasteiger partial charge in [-0.1, -0.05) is 199 Å². The number of rotatable bonds is 15.